The van der Waals surface area contributed by atoms with Crippen LogP contribution in [-0.2, 0) is 5.60 Å². The fraction of sp³-hybridized carbons (Fsp3) is 0.625. The van der Waals surface area contributed by atoms with Crippen molar-refractivity contribution in [3.63, 3.8) is 0 Å². The van der Waals surface area contributed by atoms with Crippen LogP contribution in [0.1, 0.15) is 45.6 Å². The molecule has 0 aliphatic heterocycles. The molecule has 0 bridgehead atoms. The summed E-state index contributed by atoms with van der Waals surface area (Å²) in [4.78, 5) is 0. The summed E-state index contributed by atoms with van der Waals surface area (Å²) in [6.07, 6.45) is 2.79. The lowest BCUT2D eigenvalue weighted by Gasteiger charge is -2.46. The number of ether oxygens (including phenoxy) is 1. The Balaban J connectivity index is 1.98. The van der Waals surface area contributed by atoms with Crippen molar-refractivity contribution in [3.8, 4) is 5.75 Å². The zero-order chi connectivity index (χ0) is 13.2. The summed E-state index contributed by atoms with van der Waals surface area (Å²) < 4.78 is 5.55. The molecule has 1 saturated carbocycles. The van der Waals surface area contributed by atoms with E-state index < -0.39 is 5.60 Å². The van der Waals surface area contributed by atoms with E-state index in [0.717, 1.165) is 37.2 Å². The largest absolute Gasteiger partial charge is 0.494 e. The highest BCUT2D eigenvalue weighted by atomic mass is 16.5. The number of hydrogen-bond acceptors (Lipinski definition) is 2. The molecule has 1 aliphatic carbocycles. The average Bonchev–Trinajstić information content (AvgIpc) is 2.33. The van der Waals surface area contributed by atoms with Crippen LogP contribution < -0.4 is 4.74 Å². The Bertz CT molecular complexity index is 375. The molecule has 1 aliphatic rings. The van der Waals surface area contributed by atoms with Crippen LogP contribution in [0.4, 0.5) is 0 Å². The first kappa shape index (κ1) is 13.4. The molecule has 0 atom stereocenters. The fourth-order valence-corrected chi connectivity index (χ4v) is 2.60. The third kappa shape index (κ3) is 2.69. The summed E-state index contributed by atoms with van der Waals surface area (Å²) in [7, 11) is 0. The topological polar surface area (TPSA) is 29.5 Å². The van der Waals surface area contributed by atoms with E-state index in [4.69, 9.17) is 4.74 Å². The maximum Gasteiger partial charge on any atom is 0.119 e. The molecule has 0 radical (unpaired) electrons. The van der Waals surface area contributed by atoms with E-state index in [0.29, 0.717) is 11.8 Å². The van der Waals surface area contributed by atoms with Gasteiger partial charge in [-0.15, -0.1) is 0 Å². The highest BCUT2D eigenvalue weighted by molar-refractivity contribution is 5.32. The van der Waals surface area contributed by atoms with Crippen molar-refractivity contribution in [1.29, 1.82) is 0 Å². The standard InChI is InChI=1S/C16H24O2/c1-4-9-18-15-7-5-14(6-8-15)16(17)10-13(11-16)12(2)3/h5-8,12-13,17H,4,9-11H2,1-3H3. The van der Waals surface area contributed by atoms with Gasteiger partial charge >= 0.3 is 0 Å². The van der Waals surface area contributed by atoms with Crippen LogP contribution in [0.3, 0.4) is 0 Å². The molecular weight excluding hydrogens is 224 g/mol. The SMILES string of the molecule is CCCOc1ccc(C2(O)CC(C(C)C)C2)cc1. The molecular formula is C16H24O2. The maximum atomic E-state index is 10.5. The first-order valence-electron chi connectivity index (χ1n) is 7.01. The molecule has 1 aromatic rings. The zero-order valence-electron chi connectivity index (χ0n) is 11.6. The van der Waals surface area contributed by atoms with Gasteiger partial charge < -0.3 is 9.84 Å². The van der Waals surface area contributed by atoms with Crippen molar-refractivity contribution in [2.24, 2.45) is 11.8 Å². The lowest BCUT2D eigenvalue weighted by Crippen LogP contribution is -2.43. The van der Waals surface area contributed by atoms with Gasteiger partial charge in [-0.2, -0.15) is 0 Å². The molecule has 0 saturated heterocycles. The van der Waals surface area contributed by atoms with Gasteiger partial charge in [0, 0.05) is 0 Å². The number of hydrogen-bond donors (Lipinski definition) is 1. The van der Waals surface area contributed by atoms with Gasteiger partial charge in [-0.1, -0.05) is 32.9 Å². The first-order chi connectivity index (χ1) is 8.55. The van der Waals surface area contributed by atoms with Gasteiger partial charge in [0.15, 0.2) is 0 Å². The van der Waals surface area contributed by atoms with Crippen molar-refractivity contribution in [2.45, 2.75) is 45.6 Å². The van der Waals surface area contributed by atoms with E-state index in [1.807, 2.05) is 24.3 Å². The van der Waals surface area contributed by atoms with Crippen LogP contribution in [0.15, 0.2) is 24.3 Å². The number of benzene rings is 1. The van der Waals surface area contributed by atoms with Crippen LogP contribution >= 0.6 is 0 Å². The van der Waals surface area contributed by atoms with Crippen LogP contribution in [0.25, 0.3) is 0 Å². The van der Waals surface area contributed by atoms with Gasteiger partial charge in [-0.25, -0.2) is 0 Å². The van der Waals surface area contributed by atoms with Gasteiger partial charge in [-0.05, 0) is 48.8 Å². The third-order valence-corrected chi connectivity index (χ3v) is 4.01. The number of aliphatic hydroxyl groups is 1. The summed E-state index contributed by atoms with van der Waals surface area (Å²) >= 11 is 0. The van der Waals surface area contributed by atoms with Crippen molar-refractivity contribution >= 4 is 0 Å². The molecule has 1 N–H and O–H groups in total. The molecule has 1 fully saturated rings. The molecule has 1 aromatic carbocycles. The van der Waals surface area contributed by atoms with E-state index in [9.17, 15) is 5.11 Å². The molecule has 0 aromatic heterocycles. The Labute approximate surface area is 110 Å². The minimum absolute atomic E-state index is 0.599. The van der Waals surface area contributed by atoms with Gasteiger partial charge in [0.05, 0.1) is 12.2 Å². The van der Waals surface area contributed by atoms with E-state index >= 15 is 0 Å². The highest BCUT2D eigenvalue weighted by Crippen LogP contribution is 2.48. The Hall–Kier alpha value is -1.02. The van der Waals surface area contributed by atoms with Gasteiger partial charge in [0.25, 0.3) is 0 Å². The summed E-state index contributed by atoms with van der Waals surface area (Å²) in [6.45, 7) is 7.30. The summed E-state index contributed by atoms with van der Waals surface area (Å²) in [5.74, 6) is 2.22. The quantitative estimate of drug-likeness (QED) is 0.860. The number of rotatable bonds is 5. The van der Waals surface area contributed by atoms with Crippen LogP contribution in [0.5, 0.6) is 5.75 Å². The highest BCUT2D eigenvalue weighted by Gasteiger charge is 2.44. The lowest BCUT2D eigenvalue weighted by molar-refractivity contribution is -0.0933. The summed E-state index contributed by atoms with van der Waals surface area (Å²) in [5, 5.41) is 10.5. The zero-order valence-corrected chi connectivity index (χ0v) is 11.6. The molecule has 0 unspecified atom stereocenters. The molecule has 2 heteroatoms. The maximum absolute atomic E-state index is 10.5. The van der Waals surface area contributed by atoms with Crippen molar-refractivity contribution < 1.29 is 9.84 Å². The second kappa shape index (κ2) is 5.31. The molecule has 0 heterocycles. The second-order valence-corrected chi connectivity index (χ2v) is 5.82. The lowest BCUT2D eigenvalue weighted by atomic mass is 9.63. The third-order valence-electron chi connectivity index (χ3n) is 4.01. The molecule has 18 heavy (non-hydrogen) atoms. The fourth-order valence-electron chi connectivity index (χ4n) is 2.60. The summed E-state index contributed by atoms with van der Waals surface area (Å²) in [6, 6.07) is 7.93. The Morgan fingerprint density at radius 2 is 1.89 bits per heavy atom. The Kier molecular flexibility index (Phi) is 3.96. The monoisotopic (exact) mass is 248 g/mol. The van der Waals surface area contributed by atoms with E-state index in [-0.39, 0.29) is 0 Å². The van der Waals surface area contributed by atoms with Gasteiger partial charge in [0.2, 0.25) is 0 Å². The van der Waals surface area contributed by atoms with E-state index in [1.165, 1.54) is 0 Å². The molecule has 2 nitrogen and oxygen atoms in total. The van der Waals surface area contributed by atoms with Crippen molar-refractivity contribution in [3.05, 3.63) is 29.8 Å². The normalized spacial score (nSPS) is 27.1. The van der Waals surface area contributed by atoms with Crippen LogP contribution in [0.2, 0.25) is 0 Å². The van der Waals surface area contributed by atoms with Gasteiger partial charge in [0.1, 0.15) is 5.75 Å². The minimum atomic E-state index is -0.599. The smallest absolute Gasteiger partial charge is 0.119 e. The van der Waals surface area contributed by atoms with E-state index in [2.05, 4.69) is 20.8 Å². The van der Waals surface area contributed by atoms with Gasteiger partial charge in [-0.3, -0.25) is 0 Å². The average molecular weight is 248 g/mol. The molecule has 0 spiro atoms. The predicted octanol–water partition coefficient (Wildman–Crippen LogP) is 3.73. The van der Waals surface area contributed by atoms with Crippen LogP contribution in [-0.4, -0.2) is 11.7 Å². The van der Waals surface area contributed by atoms with Crippen LogP contribution in [0, 0.1) is 11.8 Å². The second-order valence-electron chi connectivity index (χ2n) is 5.82. The van der Waals surface area contributed by atoms with Crippen molar-refractivity contribution in [1.82, 2.24) is 0 Å². The molecule has 100 valence electrons. The molecule has 2 rings (SSSR count). The predicted molar refractivity (Wildman–Crippen MR) is 73.7 cm³/mol. The summed E-state index contributed by atoms with van der Waals surface area (Å²) in [5.41, 5.74) is 0.432. The van der Waals surface area contributed by atoms with E-state index in [1.54, 1.807) is 0 Å². The van der Waals surface area contributed by atoms with Crippen molar-refractivity contribution in [2.75, 3.05) is 6.61 Å². The minimum Gasteiger partial charge on any atom is -0.494 e. The Morgan fingerprint density at radius 3 is 2.39 bits per heavy atom. The Morgan fingerprint density at radius 1 is 1.28 bits per heavy atom. The molecule has 0 amide bonds. The first-order valence-corrected chi connectivity index (χ1v) is 7.01.